The minimum absolute atomic E-state index is 0.0470. The predicted molar refractivity (Wildman–Crippen MR) is 119 cm³/mol. The van der Waals surface area contributed by atoms with Gasteiger partial charge in [0.05, 0.1) is 6.20 Å². The van der Waals surface area contributed by atoms with E-state index in [1.165, 1.54) is 0 Å². The van der Waals surface area contributed by atoms with Crippen LogP contribution >= 0.6 is 0 Å². The van der Waals surface area contributed by atoms with Crippen LogP contribution in [-0.4, -0.2) is 64.7 Å². The fourth-order valence-electron chi connectivity index (χ4n) is 5.04. The molecule has 32 heavy (non-hydrogen) atoms. The highest BCUT2D eigenvalue weighted by atomic mass is 16.2. The van der Waals surface area contributed by atoms with E-state index in [9.17, 15) is 14.4 Å². The number of piperazine rings is 1. The average Bonchev–Trinajstić information content (AvgIpc) is 3.44. The molecule has 1 aromatic heterocycles. The summed E-state index contributed by atoms with van der Waals surface area (Å²) < 4.78 is 0. The summed E-state index contributed by atoms with van der Waals surface area (Å²) in [5.74, 6) is -0.447. The van der Waals surface area contributed by atoms with Gasteiger partial charge in [-0.25, -0.2) is 4.79 Å². The van der Waals surface area contributed by atoms with Gasteiger partial charge < -0.3 is 15.1 Å². The van der Waals surface area contributed by atoms with Crippen LogP contribution < -0.4 is 15.5 Å². The zero-order valence-corrected chi connectivity index (χ0v) is 18.1. The fraction of sp³-hybridized carbons (Fsp3) is 0.478. The molecule has 4 amide bonds. The van der Waals surface area contributed by atoms with E-state index in [0.717, 1.165) is 42.7 Å². The number of imide groups is 1. The van der Waals surface area contributed by atoms with Crippen molar-refractivity contribution in [1.82, 2.24) is 25.7 Å². The first-order valence-electron chi connectivity index (χ1n) is 11.2. The Hall–Kier alpha value is -3.36. The van der Waals surface area contributed by atoms with Crippen LogP contribution in [0.3, 0.4) is 0 Å². The number of nitrogens with zero attached hydrogens (tertiary/aromatic N) is 3. The van der Waals surface area contributed by atoms with Crippen molar-refractivity contribution >= 4 is 23.5 Å². The van der Waals surface area contributed by atoms with Crippen LogP contribution in [0.5, 0.6) is 0 Å². The van der Waals surface area contributed by atoms with Crippen molar-refractivity contribution in [2.75, 3.05) is 31.1 Å². The van der Waals surface area contributed by atoms with Crippen molar-refractivity contribution in [3.8, 4) is 11.1 Å². The number of hydrogen-bond donors (Lipinski definition) is 3. The number of amides is 4. The lowest BCUT2D eigenvalue weighted by Crippen LogP contribution is -2.54. The van der Waals surface area contributed by atoms with E-state index < -0.39 is 11.6 Å². The highest BCUT2D eigenvalue weighted by Gasteiger charge is 2.56. The standard InChI is InChI=1S/C23H28N6O3/c1-15(12-23(18-5-6-18)21(31)26-22(32)27-23)20(30)29-9-7-28(8-10-29)19-4-2-3-16(11-19)17-13-24-25-14-17/h2-4,11,13-15,18H,5-10,12H2,1H3,(H,24,25)(H2,26,27,31,32). The van der Waals surface area contributed by atoms with Gasteiger partial charge in [0.15, 0.2) is 0 Å². The van der Waals surface area contributed by atoms with E-state index in [0.29, 0.717) is 19.5 Å². The number of H-pyrrole nitrogens is 1. The second-order valence-electron chi connectivity index (χ2n) is 9.11. The molecule has 5 rings (SSSR count). The number of aromatic nitrogens is 2. The summed E-state index contributed by atoms with van der Waals surface area (Å²) in [5, 5.41) is 12.1. The molecular weight excluding hydrogens is 408 g/mol. The Kier molecular flexibility index (Phi) is 5.11. The number of hydrogen-bond acceptors (Lipinski definition) is 5. The molecule has 1 aromatic carbocycles. The highest BCUT2D eigenvalue weighted by Crippen LogP contribution is 2.44. The van der Waals surface area contributed by atoms with E-state index in [1.807, 2.05) is 24.1 Å². The van der Waals surface area contributed by atoms with Gasteiger partial charge in [0, 0.05) is 49.5 Å². The number of urea groups is 1. The van der Waals surface area contributed by atoms with E-state index in [4.69, 9.17) is 0 Å². The zero-order valence-electron chi connectivity index (χ0n) is 18.1. The molecule has 3 aliphatic rings. The Morgan fingerprint density at radius 1 is 1.19 bits per heavy atom. The molecule has 1 saturated carbocycles. The van der Waals surface area contributed by atoms with Crippen LogP contribution in [0.4, 0.5) is 10.5 Å². The number of anilines is 1. The first-order chi connectivity index (χ1) is 15.5. The second-order valence-corrected chi connectivity index (χ2v) is 9.11. The summed E-state index contributed by atoms with van der Waals surface area (Å²) in [7, 11) is 0. The molecule has 3 heterocycles. The monoisotopic (exact) mass is 436 g/mol. The van der Waals surface area contributed by atoms with E-state index in [1.54, 1.807) is 6.20 Å². The molecule has 2 unspecified atom stereocenters. The van der Waals surface area contributed by atoms with Gasteiger partial charge in [-0.15, -0.1) is 0 Å². The topological polar surface area (TPSA) is 110 Å². The van der Waals surface area contributed by atoms with Crippen molar-refractivity contribution in [3.05, 3.63) is 36.7 Å². The third kappa shape index (κ3) is 3.72. The summed E-state index contributed by atoms with van der Waals surface area (Å²) in [6.07, 6.45) is 5.84. The molecule has 0 bridgehead atoms. The number of benzene rings is 1. The van der Waals surface area contributed by atoms with Crippen molar-refractivity contribution in [3.63, 3.8) is 0 Å². The molecular formula is C23H28N6O3. The van der Waals surface area contributed by atoms with Gasteiger partial charge in [0.1, 0.15) is 5.54 Å². The Bertz CT molecular complexity index is 1030. The molecule has 168 valence electrons. The third-order valence-corrected chi connectivity index (χ3v) is 6.93. The number of aromatic amines is 1. The lowest BCUT2D eigenvalue weighted by atomic mass is 9.83. The smallest absolute Gasteiger partial charge is 0.322 e. The fourth-order valence-corrected chi connectivity index (χ4v) is 5.04. The van der Waals surface area contributed by atoms with Crippen LogP contribution in [0.15, 0.2) is 36.7 Å². The van der Waals surface area contributed by atoms with Gasteiger partial charge in [-0.3, -0.25) is 20.0 Å². The maximum Gasteiger partial charge on any atom is 0.322 e. The SMILES string of the molecule is CC(CC1(C2CC2)NC(=O)NC1=O)C(=O)N1CCN(c2cccc(-c3cn[nH]c3)c2)CC1. The molecule has 1 aliphatic carbocycles. The molecule has 2 saturated heterocycles. The maximum absolute atomic E-state index is 13.2. The van der Waals surface area contributed by atoms with Crippen LogP contribution in [0.25, 0.3) is 11.1 Å². The average molecular weight is 437 g/mol. The Morgan fingerprint density at radius 2 is 1.97 bits per heavy atom. The van der Waals surface area contributed by atoms with Crippen molar-refractivity contribution in [2.45, 2.75) is 31.7 Å². The van der Waals surface area contributed by atoms with Crippen LogP contribution in [0.1, 0.15) is 26.2 Å². The summed E-state index contributed by atoms with van der Waals surface area (Å²) in [6, 6.07) is 7.88. The lowest BCUT2D eigenvalue weighted by Gasteiger charge is -2.38. The lowest BCUT2D eigenvalue weighted by molar-refractivity contribution is -0.136. The normalized spacial score (nSPS) is 24.3. The van der Waals surface area contributed by atoms with Gasteiger partial charge >= 0.3 is 6.03 Å². The van der Waals surface area contributed by atoms with Gasteiger partial charge in [0.25, 0.3) is 5.91 Å². The van der Waals surface area contributed by atoms with Crippen LogP contribution in [0.2, 0.25) is 0 Å². The number of carbonyl (C=O) groups is 3. The number of nitrogens with one attached hydrogen (secondary N) is 3. The Labute approximate surface area is 186 Å². The maximum atomic E-state index is 13.2. The van der Waals surface area contributed by atoms with Gasteiger partial charge in [0.2, 0.25) is 5.91 Å². The molecule has 2 atom stereocenters. The summed E-state index contributed by atoms with van der Waals surface area (Å²) in [4.78, 5) is 41.6. The minimum atomic E-state index is -0.929. The minimum Gasteiger partial charge on any atom is -0.368 e. The molecule has 9 heteroatoms. The number of carbonyl (C=O) groups excluding carboxylic acids is 3. The second kappa shape index (κ2) is 7.96. The number of rotatable bonds is 6. The molecule has 2 aromatic rings. The van der Waals surface area contributed by atoms with Gasteiger partial charge in [-0.1, -0.05) is 19.1 Å². The molecule has 3 fully saturated rings. The zero-order chi connectivity index (χ0) is 22.3. The molecule has 2 aliphatic heterocycles. The Morgan fingerprint density at radius 3 is 2.59 bits per heavy atom. The molecule has 3 N–H and O–H groups in total. The van der Waals surface area contributed by atoms with Crippen molar-refractivity contribution in [1.29, 1.82) is 0 Å². The van der Waals surface area contributed by atoms with Crippen molar-refractivity contribution < 1.29 is 14.4 Å². The first-order valence-corrected chi connectivity index (χ1v) is 11.2. The molecule has 0 radical (unpaired) electrons. The Balaban J connectivity index is 1.21. The highest BCUT2D eigenvalue weighted by molar-refractivity contribution is 6.07. The molecule has 0 spiro atoms. The third-order valence-electron chi connectivity index (χ3n) is 6.93. The van der Waals surface area contributed by atoms with Crippen LogP contribution in [-0.2, 0) is 9.59 Å². The first kappa shape index (κ1) is 20.5. The quantitative estimate of drug-likeness (QED) is 0.598. The largest absolute Gasteiger partial charge is 0.368 e. The van der Waals surface area contributed by atoms with E-state index in [-0.39, 0.29) is 23.7 Å². The van der Waals surface area contributed by atoms with E-state index >= 15 is 0 Å². The molecule has 9 nitrogen and oxygen atoms in total. The summed E-state index contributed by atoms with van der Waals surface area (Å²) >= 11 is 0. The predicted octanol–water partition coefficient (Wildman–Crippen LogP) is 1.74. The van der Waals surface area contributed by atoms with Crippen molar-refractivity contribution in [2.24, 2.45) is 11.8 Å². The van der Waals surface area contributed by atoms with Gasteiger partial charge in [-0.05, 0) is 42.9 Å². The summed E-state index contributed by atoms with van der Waals surface area (Å²) in [5.41, 5.74) is 2.34. The van der Waals surface area contributed by atoms with Crippen LogP contribution in [0, 0.1) is 11.8 Å². The summed E-state index contributed by atoms with van der Waals surface area (Å²) in [6.45, 7) is 4.63. The van der Waals surface area contributed by atoms with E-state index in [2.05, 4.69) is 43.9 Å². The van der Waals surface area contributed by atoms with Gasteiger partial charge in [-0.2, -0.15) is 5.10 Å².